The number of nitrogens with zero attached hydrogens (tertiary/aromatic N) is 2. The van der Waals surface area contributed by atoms with E-state index in [1.54, 1.807) is 41.4 Å². The van der Waals surface area contributed by atoms with Gasteiger partial charge in [0.25, 0.3) is 5.91 Å². The Morgan fingerprint density at radius 3 is 2.62 bits per heavy atom. The first-order chi connectivity index (χ1) is 13.9. The van der Waals surface area contributed by atoms with E-state index in [0.717, 1.165) is 16.8 Å². The van der Waals surface area contributed by atoms with Crippen molar-refractivity contribution < 1.29 is 13.2 Å². The van der Waals surface area contributed by atoms with E-state index in [4.69, 9.17) is 0 Å². The molecule has 0 bridgehead atoms. The van der Waals surface area contributed by atoms with Gasteiger partial charge in [-0.15, -0.1) is 0 Å². The van der Waals surface area contributed by atoms with Gasteiger partial charge in [0.2, 0.25) is 10.0 Å². The quantitative estimate of drug-likeness (QED) is 0.705. The van der Waals surface area contributed by atoms with Crippen LogP contribution in [0.15, 0.2) is 71.8 Å². The number of carbonyl (C=O) groups excluding carboxylic acids is 1. The van der Waals surface area contributed by atoms with Crippen LogP contribution in [0.3, 0.4) is 0 Å². The SMILES string of the molecule is Cc1ccc(C(=O)N2CCc3cc(S(=O)(=O)NCc4ccccn4)ccc32)cc1. The van der Waals surface area contributed by atoms with Crippen molar-refractivity contribution in [2.75, 3.05) is 11.4 Å². The number of sulfonamides is 1. The molecule has 0 saturated heterocycles. The summed E-state index contributed by atoms with van der Waals surface area (Å²) < 4.78 is 27.9. The van der Waals surface area contributed by atoms with Crippen LogP contribution >= 0.6 is 0 Å². The fourth-order valence-electron chi connectivity index (χ4n) is 3.36. The second kappa shape index (κ2) is 7.77. The van der Waals surface area contributed by atoms with Gasteiger partial charge in [-0.2, -0.15) is 0 Å². The van der Waals surface area contributed by atoms with Crippen molar-refractivity contribution in [2.45, 2.75) is 24.8 Å². The Labute approximate surface area is 170 Å². The maximum absolute atomic E-state index is 12.9. The molecule has 0 radical (unpaired) electrons. The number of nitrogens with one attached hydrogen (secondary N) is 1. The maximum Gasteiger partial charge on any atom is 0.258 e. The highest BCUT2D eigenvalue weighted by atomic mass is 32.2. The molecule has 0 spiro atoms. The Kier molecular flexibility index (Phi) is 5.17. The maximum atomic E-state index is 12.9. The zero-order valence-electron chi connectivity index (χ0n) is 16.0. The summed E-state index contributed by atoms with van der Waals surface area (Å²) in [6, 6.07) is 17.7. The van der Waals surface area contributed by atoms with Gasteiger partial charge in [-0.25, -0.2) is 13.1 Å². The lowest BCUT2D eigenvalue weighted by molar-refractivity contribution is 0.0989. The predicted octanol–water partition coefficient (Wildman–Crippen LogP) is 3.07. The molecule has 1 aliphatic heterocycles. The molecule has 7 heteroatoms. The van der Waals surface area contributed by atoms with Crippen molar-refractivity contribution in [1.82, 2.24) is 9.71 Å². The fourth-order valence-corrected chi connectivity index (χ4v) is 4.41. The fraction of sp³-hybridized carbons (Fsp3) is 0.182. The van der Waals surface area contributed by atoms with E-state index in [2.05, 4.69) is 9.71 Å². The minimum Gasteiger partial charge on any atom is -0.308 e. The molecule has 1 amide bonds. The van der Waals surface area contributed by atoms with Gasteiger partial charge in [0.1, 0.15) is 0 Å². The first-order valence-electron chi connectivity index (χ1n) is 9.35. The van der Waals surface area contributed by atoms with E-state index < -0.39 is 10.0 Å². The molecule has 0 aliphatic carbocycles. The first-order valence-corrected chi connectivity index (χ1v) is 10.8. The molecule has 148 valence electrons. The van der Waals surface area contributed by atoms with Gasteiger partial charge in [0, 0.05) is 24.0 Å². The highest BCUT2D eigenvalue weighted by Crippen LogP contribution is 2.31. The van der Waals surface area contributed by atoms with Crippen LogP contribution in [-0.2, 0) is 23.0 Å². The summed E-state index contributed by atoms with van der Waals surface area (Å²) in [7, 11) is -3.67. The molecule has 6 nitrogen and oxygen atoms in total. The molecule has 0 atom stereocenters. The summed E-state index contributed by atoms with van der Waals surface area (Å²) in [4.78, 5) is 18.9. The minimum atomic E-state index is -3.67. The van der Waals surface area contributed by atoms with E-state index in [9.17, 15) is 13.2 Å². The third kappa shape index (κ3) is 4.06. The van der Waals surface area contributed by atoms with Gasteiger partial charge in [0.15, 0.2) is 0 Å². The lowest BCUT2D eigenvalue weighted by Crippen LogP contribution is -2.28. The van der Waals surface area contributed by atoms with Gasteiger partial charge < -0.3 is 4.90 Å². The van der Waals surface area contributed by atoms with Crippen molar-refractivity contribution in [3.05, 3.63) is 89.2 Å². The number of anilines is 1. The summed E-state index contributed by atoms with van der Waals surface area (Å²) >= 11 is 0. The number of fused-ring (bicyclic) bond motifs is 1. The van der Waals surface area contributed by atoms with Crippen LogP contribution in [0.2, 0.25) is 0 Å². The van der Waals surface area contributed by atoms with Gasteiger partial charge in [-0.3, -0.25) is 9.78 Å². The monoisotopic (exact) mass is 407 g/mol. The number of benzene rings is 2. The van der Waals surface area contributed by atoms with Gasteiger partial charge in [0.05, 0.1) is 17.1 Å². The lowest BCUT2D eigenvalue weighted by Gasteiger charge is -2.18. The largest absolute Gasteiger partial charge is 0.308 e. The van der Waals surface area contributed by atoms with Crippen LogP contribution in [0, 0.1) is 6.92 Å². The topological polar surface area (TPSA) is 79.4 Å². The second-order valence-electron chi connectivity index (χ2n) is 7.01. The Morgan fingerprint density at radius 2 is 1.90 bits per heavy atom. The lowest BCUT2D eigenvalue weighted by atomic mass is 10.1. The number of aromatic nitrogens is 1. The van der Waals surface area contributed by atoms with Crippen molar-refractivity contribution in [3.8, 4) is 0 Å². The molecule has 0 fully saturated rings. The molecular weight excluding hydrogens is 386 g/mol. The molecular formula is C22H21N3O3S. The molecule has 3 aromatic rings. The summed E-state index contributed by atoms with van der Waals surface area (Å²) in [5.41, 5.74) is 3.98. The van der Waals surface area contributed by atoms with Gasteiger partial charge in [-0.05, 0) is 61.4 Å². The second-order valence-corrected chi connectivity index (χ2v) is 8.78. The molecule has 0 unspecified atom stereocenters. The Balaban J connectivity index is 1.53. The normalized spacial score (nSPS) is 13.3. The average molecular weight is 407 g/mol. The van der Waals surface area contributed by atoms with Crippen LogP contribution in [0.5, 0.6) is 0 Å². The van der Waals surface area contributed by atoms with Crippen LogP contribution in [0.25, 0.3) is 0 Å². The van der Waals surface area contributed by atoms with Crippen molar-refractivity contribution in [3.63, 3.8) is 0 Å². The zero-order valence-corrected chi connectivity index (χ0v) is 16.8. The Bertz CT molecular complexity index is 1140. The molecule has 1 aliphatic rings. The molecule has 0 saturated carbocycles. The van der Waals surface area contributed by atoms with Crippen molar-refractivity contribution >= 4 is 21.6 Å². The zero-order chi connectivity index (χ0) is 20.4. The van der Waals surface area contributed by atoms with E-state index in [1.165, 1.54) is 0 Å². The number of rotatable bonds is 5. The van der Waals surface area contributed by atoms with Crippen LogP contribution < -0.4 is 9.62 Å². The molecule has 1 aromatic heterocycles. The summed E-state index contributed by atoms with van der Waals surface area (Å²) in [6.45, 7) is 2.63. The summed E-state index contributed by atoms with van der Waals surface area (Å²) in [5.74, 6) is -0.0763. The number of hydrogen-bond acceptors (Lipinski definition) is 4. The molecule has 1 N–H and O–H groups in total. The van der Waals surface area contributed by atoms with Gasteiger partial charge in [-0.1, -0.05) is 23.8 Å². The minimum absolute atomic E-state index is 0.0763. The standard InChI is InChI=1S/C22H21N3O3S/c1-16-5-7-17(8-6-16)22(26)25-13-11-18-14-20(9-10-21(18)25)29(27,28)24-15-19-4-2-3-12-23-19/h2-10,12,14,24H,11,13,15H2,1H3. The summed E-state index contributed by atoms with van der Waals surface area (Å²) in [5, 5.41) is 0. The number of pyridine rings is 1. The Hall–Kier alpha value is -3.03. The number of amides is 1. The smallest absolute Gasteiger partial charge is 0.258 e. The summed E-state index contributed by atoms with van der Waals surface area (Å²) in [6.07, 6.45) is 2.25. The van der Waals surface area contributed by atoms with E-state index in [1.807, 2.05) is 37.3 Å². The van der Waals surface area contributed by atoms with Crippen molar-refractivity contribution in [1.29, 1.82) is 0 Å². The molecule has 29 heavy (non-hydrogen) atoms. The van der Waals surface area contributed by atoms with Gasteiger partial charge >= 0.3 is 0 Å². The van der Waals surface area contributed by atoms with Crippen LogP contribution in [0.4, 0.5) is 5.69 Å². The highest BCUT2D eigenvalue weighted by Gasteiger charge is 2.27. The van der Waals surface area contributed by atoms with E-state index in [-0.39, 0.29) is 17.3 Å². The molecule has 2 heterocycles. The third-order valence-electron chi connectivity index (χ3n) is 4.97. The highest BCUT2D eigenvalue weighted by molar-refractivity contribution is 7.89. The molecule has 2 aromatic carbocycles. The predicted molar refractivity (Wildman–Crippen MR) is 111 cm³/mol. The number of hydrogen-bond donors (Lipinski definition) is 1. The van der Waals surface area contributed by atoms with Crippen molar-refractivity contribution in [2.24, 2.45) is 0 Å². The van der Waals surface area contributed by atoms with E-state index in [0.29, 0.717) is 24.2 Å². The third-order valence-corrected chi connectivity index (χ3v) is 6.37. The van der Waals surface area contributed by atoms with Crippen LogP contribution in [-0.4, -0.2) is 25.9 Å². The number of carbonyl (C=O) groups is 1. The van der Waals surface area contributed by atoms with E-state index >= 15 is 0 Å². The average Bonchev–Trinajstić information content (AvgIpc) is 3.16. The first kappa shape index (κ1) is 19.3. The number of aryl methyl sites for hydroxylation is 1. The van der Waals surface area contributed by atoms with Crippen LogP contribution in [0.1, 0.15) is 27.2 Å². The molecule has 4 rings (SSSR count). The Morgan fingerprint density at radius 1 is 1.10 bits per heavy atom.